The minimum absolute atomic E-state index is 0.362. The van der Waals surface area contributed by atoms with Crippen molar-refractivity contribution in [1.82, 2.24) is 10.5 Å². The molecule has 2 aliphatic rings. The molecule has 0 aliphatic carbocycles. The van der Waals surface area contributed by atoms with E-state index in [1.54, 1.807) is 5.06 Å². The predicted octanol–water partition coefficient (Wildman–Crippen LogP) is 4.63. The molecule has 0 radical (unpaired) electrons. The van der Waals surface area contributed by atoms with Crippen molar-refractivity contribution in [2.45, 2.75) is 25.4 Å². The molecule has 2 aromatic carbocycles. The van der Waals surface area contributed by atoms with Crippen LogP contribution in [0.15, 0.2) is 59.1 Å². The zero-order valence-corrected chi connectivity index (χ0v) is 17.2. The van der Waals surface area contributed by atoms with Crippen molar-refractivity contribution in [1.29, 1.82) is 0 Å². The fraction of sp³-hybridized carbons (Fsp3) is 0.286. The number of nitrogens with one attached hydrogen (secondary N) is 2. The Morgan fingerprint density at radius 3 is 2.61 bits per heavy atom. The lowest BCUT2D eigenvalue weighted by atomic mass is 9.91. The Bertz CT molecular complexity index is 890. The second-order valence-corrected chi connectivity index (χ2v) is 7.96. The third kappa shape index (κ3) is 4.22. The third-order valence-electron chi connectivity index (χ3n) is 5.03. The van der Waals surface area contributed by atoms with Gasteiger partial charge in [0, 0.05) is 17.6 Å². The normalized spacial score (nSPS) is 18.4. The average Bonchev–Trinajstić information content (AvgIpc) is 3.10. The summed E-state index contributed by atoms with van der Waals surface area (Å²) in [5, 5.41) is 4.43. The van der Waals surface area contributed by atoms with E-state index in [1.165, 1.54) is 5.56 Å². The van der Waals surface area contributed by atoms with Crippen LogP contribution in [0.3, 0.4) is 0 Å². The number of hydrogen-bond acceptors (Lipinski definition) is 5. The molecule has 28 heavy (non-hydrogen) atoms. The number of para-hydroxylation sites is 1. The maximum absolute atomic E-state index is 12.2. The molecule has 2 aromatic rings. The number of nitrogens with zero attached hydrogens (tertiary/aromatic N) is 1. The number of halogens is 1. The summed E-state index contributed by atoms with van der Waals surface area (Å²) in [6.45, 7) is 3.27. The standard InChI is InChI=1S/C21H22BrN3O3/c1-15-6-8-16(9-7-15)19-14-21(28-24-19)10-12-25(13-11-21)27-20(26)23-18-5-3-2-4-17(18)22/h2-9,14,24H,10-13H2,1H3,(H,23,26). The number of piperidine rings is 1. The molecule has 0 bridgehead atoms. The fourth-order valence-electron chi connectivity index (χ4n) is 3.37. The van der Waals surface area contributed by atoms with E-state index in [0.29, 0.717) is 18.8 Å². The van der Waals surface area contributed by atoms with Crippen LogP contribution in [0.4, 0.5) is 10.5 Å². The number of benzene rings is 2. The Hall–Kier alpha value is -2.35. The topological polar surface area (TPSA) is 62.8 Å². The molecule has 1 spiro atoms. The lowest BCUT2D eigenvalue weighted by molar-refractivity contribution is -0.153. The maximum Gasteiger partial charge on any atom is 0.430 e. The number of aryl methyl sites for hydroxylation is 1. The van der Waals surface area contributed by atoms with Gasteiger partial charge in [-0.25, -0.2) is 4.79 Å². The van der Waals surface area contributed by atoms with Gasteiger partial charge in [-0.15, -0.1) is 5.06 Å². The molecule has 0 unspecified atom stereocenters. The largest absolute Gasteiger partial charge is 0.430 e. The summed E-state index contributed by atoms with van der Waals surface area (Å²) >= 11 is 3.41. The van der Waals surface area contributed by atoms with Gasteiger partial charge in [0.25, 0.3) is 0 Å². The van der Waals surface area contributed by atoms with E-state index in [1.807, 2.05) is 24.3 Å². The SMILES string of the molecule is Cc1ccc(C2=CC3(CCN(OC(=O)Nc4ccccc4Br)CC3)ON2)cc1. The van der Waals surface area contributed by atoms with Gasteiger partial charge in [-0.2, -0.15) is 0 Å². The lowest BCUT2D eigenvalue weighted by Crippen LogP contribution is -2.45. The molecule has 0 atom stereocenters. The Kier molecular flexibility index (Phi) is 5.39. The summed E-state index contributed by atoms with van der Waals surface area (Å²) in [5.41, 5.74) is 6.70. The first kappa shape index (κ1) is 19.0. The molecule has 1 fully saturated rings. The van der Waals surface area contributed by atoms with Crippen LogP contribution in [-0.2, 0) is 9.68 Å². The van der Waals surface area contributed by atoms with Gasteiger partial charge >= 0.3 is 6.09 Å². The number of carbonyl (C=O) groups is 1. The number of hydrogen-bond donors (Lipinski definition) is 2. The molecular weight excluding hydrogens is 422 g/mol. The van der Waals surface area contributed by atoms with Gasteiger partial charge in [-0.05, 0) is 59.5 Å². The summed E-state index contributed by atoms with van der Waals surface area (Å²) in [6.07, 6.45) is 3.12. The molecule has 2 aliphatic heterocycles. The Balaban J connectivity index is 1.33. The van der Waals surface area contributed by atoms with E-state index < -0.39 is 6.09 Å². The van der Waals surface area contributed by atoms with E-state index in [9.17, 15) is 4.79 Å². The number of carbonyl (C=O) groups excluding carboxylic acids is 1. The number of anilines is 1. The van der Waals surface area contributed by atoms with E-state index >= 15 is 0 Å². The molecule has 2 heterocycles. The summed E-state index contributed by atoms with van der Waals surface area (Å²) in [6, 6.07) is 15.8. The second kappa shape index (κ2) is 7.95. The van der Waals surface area contributed by atoms with Gasteiger partial charge in [0.15, 0.2) is 0 Å². The predicted molar refractivity (Wildman–Crippen MR) is 111 cm³/mol. The highest BCUT2D eigenvalue weighted by molar-refractivity contribution is 9.10. The summed E-state index contributed by atoms with van der Waals surface area (Å²) in [4.78, 5) is 23.5. The second-order valence-electron chi connectivity index (χ2n) is 7.11. The Morgan fingerprint density at radius 2 is 1.89 bits per heavy atom. The van der Waals surface area contributed by atoms with Crippen molar-refractivity contribution >= 4 is 33.4 Å². The van der Waals surface area contributed by atoms with Crippen molar-refractivity contribution in [3.05, 3.63) is 70.2 Å². The lowest BCUT2D eigenvalue weighted by Gasteiger charge is -2.35. The quantitative estimate of drug-likeness (QED) is 0.723. The third-order valence-corrected chi connectivity index (χ3v) is 5.72. The number of amides is 1. The Morgan fingerprint density at radius 1 is 1.18 bits per heavy atom. The first-order chi connectivity index (χ1) is 13.5. The van der Waals surface area contributed by atoms with Crippen molar-refractivity contribution in [2.75, 3.05) is 18.4 Å². The molecule has 0 saturated carbocycles. The molecule has 146 valence electrons. The monoisotopic (exact) mass is 443 g/mol. The smallest absolute Gasteiger partial charge is 0.351 e. The van der Waals surface area contributed by atoms with E-state index in [2.05, 4.69) is 64.0 Å². The zero-order chi connectivity index (χ0) is 19.6. The van der Waals surface area contributed by atoms with Gasteiger partial charge in [0.2, 0.25) is 0 Å². The van der Waals surface area contributed by atoms with Crippen LogP contribution in [0.1, 0.15) is 24.0 Å². The summed E-state index contributed by atoms with van der Waals surface area (Å²) in [5.74, 6) is 0. The minimum atomic E-state index is -0.496. The van der Waals surface area contributed by atoms with Crippen LogP contribution in [0, 0.1) is 6.92 Å². The van der Waals surface area contributed by atoms with Crippen molar-refractivity contribution in [3.8, 4) is 0 Å². The highest BCUT2D eigenvalue weighted by Crippen LogP contribution is 2.34. The zero-order valence-electron chi connectivity index (χ0n) is 15.6. The van der Waals surface area contributed by atoms with Crippen molar-refractivity contribution in [2.24, 2.45) is 0 Å². The number of hydroxylamine groups is 3. The van der Waals surface area contributed by atoms with E-state index in [4.69, 9.17) is 9.68 Å². The van der Waals surface area contributed by atoms with Crippen LogP contribution in [0.5, 0.6) is 0 Å². The van der Waals surface area contributed by atoms with Gasteiger partial charge in [0.1, 0.15) is 5.60 Å². The molecule has 6 nitrogen and oxygen atoms in total. The Labute approximate surface area is 172 Å². The molecule has 7 heteroatoms. The van der Waals surface area contributed by atoms with Crippen LogP contribution in [0.2, 0.25) is 0 Å². The average molecular weight is 444 g/mol. The van der Waals surface area contributed by atoms with Gasteiger partial charge in [-0.3, -0.25) is 15.6 Å². The molecule has 0 aromatic heterocycles. The van der Waals surface area contributed by atoms with Crippen molar-refractivity contribution in [3.63, 3.8) is 0 Å². The summed E-state index contributed by atoms with van der Waals surface area (Å²) < 4.78 is 0.809. The van der Waals surface area contributed by atoms with Crippen LogP contribution in [-0.4, -0.2) is 29.8 Å². The summed E-state index contributed by atoms with van der Waals surface area (Å²) in [7, 11) is 0. The van der Waals surface area contributed by atoms with Gasteiger partial charge < -0.3 is 4.84 Å². The molecule has 1 amide bonds. The van der Waals surface area contributed by atoms with Crippen molar-refractivity contribution < 1.29 is 14.5 Å². The highest BCUT2D eigenvalue weighted by atomic mass is 79.9. The van der Waals surface area contributed by atoms with Gasteiger partial charge in [0.05, 0.1) is 11.4 Å². The van der Waals surface area contributed by atoms with Crippen LogP contribution in [0.25, 0.3) is 5.70 Å². The highest BCUT2D eigenvalue weighted by Gasteiger charge is 2.39. The van der Waals surface area contributed by atoms with Gasteiger partial charge in [-0.1, -0.05) is 42.0 Å². The molecule has 4 rings (SSSR count). The van der Waals surface area contributed by atoms with E-state index in [-0.39, 0.29) is 5.60 Å². The first-order valence-electron chi connectivity index (χ1n) is 9.25. The molecule has 1 saturated heterocycles. The van der Waals surface area contributed by atoms with Crippen LogP contribution >= 0.6 is 15.9 Å². The minimum Gasteiger partial charge on any atom is -0.351 e. The van der Waals surface area contributed by atoms with E-state index in [0.717, 1.165) is 28.6 Å². The van der Waals surface area contributed by atoms with Crippen LogP contribution < -0.4 is 10.8 Å². The molecular formula is C21H22BrN3O3. The maximum atomic E-state index is 12.2. The first-order valence-corrected chi connectivity index (χ1v) is 10.0. The molecule has 2 N–H and O–H groups in total. The fourth-order valence-corrected chi connectivity index (χ4v) is 3.75. The number of rotatable bonds is 3.